The van der Waals surface area contributed by atoms with Crippen LogP contribution >= 0.6 is 0 Å². The van der Waals surface area contributed by atoms with Crippen LogP contribution in [0.3, 0.4) is 0 Å². The van der Waals surface area contributed by atoms with Gasteiger partial charge in [-0.1, -0.05) is 55.1 Å². The van der Waals surface area contributed by atoms with Gasteiger partial charge in [-0.2, -0.15) is 0 Å². The molecule has 0 aromatic heterocycles. The number of carbonyl (C=O) groups is 2. The Morgan fingerprint density at radius 2 is 1.72 bits per heavy atom. The van der Waals surface area contributed by atoms with Crippen LogP contribution in [0.2, 0.25) is 0 Å². The molecule has 1 saturated heterocycles. The molecule has 2 atom stereocenters. The van der Waals surface area contributed by atoms with Gasteiger partial charge in [0.2, 0.25) is 0 Å². The van der Waals surface area contributed by atoms with Crippen LogP contribution in [0.1, 0.15) is 22.0 Å². The first kappa shape index (κ1) is 16.4. The Morgan fingerprint density at radius 1 is 1.08 bits per heavy atom. The minimum atomic E-state index is -0.879. The second-order valence-corrected chi connectivity index (χ2v) is 5.63. The number of para-hydroxylation sites is 1. The lowest BCUT2D eigenvalue weighted by Gasteiger charge is -2.33. The van der Waals surface area contributed by atoms with E-state index in [4.69, 9.17) is 0 Å². The maximum absolute atomic E-state index is 13.0. The van der Waals surface area contributed by atoms with Crippen molar-refractivity contribution in [1.29, 1.82) is 0 Å². The smallest absolute Gasteiger partial charge is 0.319 e. The van der Waals surface area contributed by atoms with Crippen LogP contribution in [0.15, 0.2) is 66.9 Å². The molecule has 1 heterocycles. The summed E-state index contributed by atoms with van der Waals surface area (Å²) in [5, 5.41) is 16.5. The van der Waals surface area contributed by atoms with Crippen molar-refractivity contribution in [3.05, 3.63) is 88.1 Å². The standard InChI is InChI=1S/C18H15N3O4/c1-11-15(17(22)12-7-3-2-4-8-12)16(20-18(23)19-11)13-9-5-6-10-14(13)21(24)25/h2-10,15-16H,1H2,(H2,19,20,23)/t15-,16-/m0/s1. The van der Waals surface area contributed by atoms with E-state index in [0.717, 1.165) is 0 Å². The number of hydrogen-bond donors (Lipinski definition) is 2. The molecule has 0 bridgehead atoms. The number of amides is 2. The normalized spacial score (nSPS) is 19.7. The topological polar surface area (TPSA) is 101 Å². The molecule has 2 aromatic carbocycles. The molecule has 0 spiro atoms. The largest absolute Gasteiger partial charge is 0.330 e. The minimum Gasteiger partial charge on any atom is -0.330 e. The van der Waals surface area contributed by atoms with Crippen molar-refractivity contribution in [2.24, 2.45) is 5.92 Å². The molecule has 2 aromatic rings. The quantitative estimate of drug-likeness (QED) is 0.509. The highest BCUT2D eigenvalue weighted by Gasteiger charge is 2.40. The molecule has 2 N–H and O–H groups in total. The van der Waals surface area contributed by atoms with E-state index in [1.807, 2.05) is 0 Å². The van der Waals surface area contributed by atoms with Gasteiger partial charge in [0, 0.05) is 17.3 Å². The van der Waals surface area contributed by atoms with Gasteiger partial charge in [-0.3, -0.25) is 14.9 Å². The third kappa shape index (κ3) is 3.12. The van der Waals surface area contributed by atoms with Crippen molar-refractivity contribution in [1.82, 2.24) is 10.6 Å². The summed E-state index contributed by atoms with van der Waals surface area (Å²) in [6.07, 6.45) is 0. The lowest BCUT2D eigenvalue weighted by atomic mass is 9.83. The Hall–Kier alpha value is -3.48. The van der Waals surface area contributed by atoms with Crippen molar-refractivity contribution < 1.29 is 14.5 Å². The number of nitrogens with one attached hydrogen (secondary N) is 2. The average molecular weight is 337 g/mol. The summed E-state index contributed by atoms with van der Waals surface area (Å²) < 4.78 is 0. The zero-order valence-corrected chi connectivity index (χ0v) is 13.1. The van der Waals surface area contributed by atoms with Crippen molar-refractivity contribution >= 4 is 17.5 Å². The molecule has 0 saturated carbocycles. The van der Waals surface area contributed by atoms with Crippen molar-refractivity contribution in [2.75, 3.05) is 0 Å². The van der Waals surface area contributed by atoms with Crippen molar-refractivity contribution in [3.8, 4) is 0 Å². The molecule has 0 radical (unpaired) electrons. The van der Waals surface area contributed by atoms with E-state index in [1.54, 1.807) is 36.4 Å². The van der Waals surface area contributed by atoms with E-state index in [-0.39, 0.29) is 22.7 Å². The summed E-state index contributed by atoms with van der Waals surface area (Å²) in [5.41, 5.74) is 0.752. The fourth-order valence-corrected chi connectivity index (χ4v) is 2.95. The molecule has 7 heteroatoms. The number of Topliss-reactive ketones (excluding diaryl/α,β-unsaturated/α-hetero) is 1. The highest BCUT2D eigenvalue weighted by atomic mass is 16.6. The summed E-state index contributed by atoms with van der Waals surface area (Å²) in [6.45, 7) is 3.78. The van der Waals surface area contributed by atoms with Crippen molar-refractivity contribution in [2.45, 2.75) is 6.04 Å². The summed E-state index contributed by atoms with van der Waals surface area (Å²) in [7, 11) is 0. The lowest BCUT2D eigenvalue weighted by Crippen LogP contribution is -2.50. The first-order valence-corrected chi connectivity index (χ1v) is 7.58. The monoisotopic (exact) mass is 337 g/mol. The lowest BCUT2D eigenvalue weighted by molar-refractivity contribution is -0.385. The van der Waals surface area contributed by atoms with Gasteiger partial charge in [0.05, 0.1) is 22.4 Å². The van der Waals surface area contributed by atoms with Gasteiger partial charge in [-0.25, -0.2) is 4.79 Å². The molecule has 3 rings (SSSR count). The molecule has 126 valence electrons. The van der Waals surface area contributed by atoms with Crippen LogP contribution in [0.5, 0.6) is 0 Å². The highest BCUT2D eigenvalue weighted by Crippen LogP contribution is 2.36. The number of nitro benzene ring substituents is 1. The number of nitro groups is 1. The fourth-order valence-electron chi connectivity index (χ4n) is 2.95. The number of urea groups is 1. The Bertz CT molecular complexity index is 864. The van der Waals surface area contributed by atoms with E-state index in [9.17, 15) is 19.7 Å². The van der Waals surface area contributed by atoms with Crippen LogP contribution in [-0.2, 0) is 0 Å². The van der Waals surface area contributed by atoms with Gasteiger partial charge >= 0.3 is 6.03 Å². The van der Waals surface area contributed by atoms with Crippen LogP contribution in [0.4, 0.5) is 10.5 Å². The van der Waals surface area contributed by atoms with Crippen LogP contribution < -0.4 is 10.6 Å². The Morgan fingerprint density at radius 3 is 2.40 bits per heavy atom. The predicted molar refractivity (Wildman–Crippen MR) is 90.9 cm³/mol. The zero-order chi connectivity index (χ0) is 18.0. The highest BCUT2D eigenvalue weighted by molar-refractivity contribution is 6.01. The molecule has 1 fully saturated rings. The molecule has 0 aliphatic carbocycles. The summed E-state index contributed by atoms with van der Waals surface area (Å²) >= 11 is 0. The molecule has 0 unspecified atom stereocenters. The number of nitrogens with zero attached hydrogens (tertiary/aromatic N) is 1. The van der Waals surface area contributed by atoms with E-state index < -0.39 is 22.9 Å². The molecule has 2 amide bonds. The summed E-state index contributed by atoms with van der Waals surface area (Å²) in [4.78, 5) is 35.7. The van der Waals surface area contributed by atoms with E-state index >= 15 is 0 Å². The number of carbonyl (C=O) groups excluding carboxylic acids is 2. The number of hydrogen-bond acceptors (Lipinski definition) is 4. The van der Waals surface area contributed by atoms with Crippen LogP contribution in [0.25, 0.3) is 0 Å². The Labute approximate surface area is 143 Å². The molecular formula is C18H15N3O4. The third-order valence-electron chi connectivity index (χ3n) is 4.08. The number of ketones is 1. The summed E-state index contributed by atoms with van der Waals surface area (Å²) in [5.74, 6) is -1.14. The SMILES string of the molecule is C=C1NC(=O)N[C@@H](c2ccccc2[N+](=O)[O-])[C@H]1C(=O)c1ccccc1. The molecule has 7 nitrogen and oxygen atoms in total. The van der Waals surface area contributed by atoms with E-state index in [2.05, 4.69) is 17.2 Å². The van der Waals surface area contributed by atoms with E-state index in [0.29, 0.717) is 5.56 Å². The average Bonchev–Trinajstić information content (AvgIpc) is 2.61. The second kappa shape index (κ2) is 6.56. The first-order valence-electron chi connectivity index (χ1n) is 7.58. The zero-order valence-electron chi connectivity index (χ0n) is 13.1. The summed E-state index contributed by atoms with van der Waals surface area (Å²) in [6, 6.07) is 13.2. The van der Waals surface area contributed by atoms with E-state index in [1.165, 1.54) is 18.2 Å². The van der Waals surface area contributed by atoms with Gasteiger partial charge < -0.3 is 10.6 Å². The molecule has 1 aliphatic heterocycles. The maximum atomic E-state index is 13.0. The molecule has 25 heavy (non-hydrogen) atoms. The minimum absolute atomic E-state index is 0.159. The van der Waals surface area contributed by atoms with Crippen LogP contribution in [-0.4, -0.2) is 16.7 Å². The van der Waals surface area contributed by atoms with Gasteiger partial charge in [0.15, 0.2) is 5.78 Å². The van der Waals surface area contributed by atoms with Crippen LogP contribution in [0, 0.1) is 16.0 Å². The predicted octanol–water partition coefficient (Wildman–Crippen LogP) is 2.96. The third-order valence-corrected chi connectivity index (χ3v) is 4.08. The van der Waals surface area contributed by atoms with Gasteiger partial charge in [0.25, 0.3) is 5.69 Å². The second-order valence-electron chi connectivity index (χ2n) is 5.63. The molecule has 1 aliphatic rings. The maximum Gasteiger partial charge on any atom is 0.319 e. The number of benzene rings is 2. The van der Waals surface area contributed by atoms with Gasteiger partial charge in [-0.15, -0.1) is 0 Å². The van der Waals surface area contributed by atoms with Gasteiger partial charge in [-0.05, 0) is 0 Å². The fraction of sp³-hybridized carbons (Fsp3) is 0.111. The van der Waals surface area contributed by atoms with Gasteiger partial charge in [0.1, 0.15) is 0 Å². The Balaban J connectivity index is 2.08. The molecular weight excluding hydrogens is 322 g/mol. The Kier molecular flexibility index (Phi) is 4.30. The number of rotatable bonds is 4. The van der Waals surface area contributed by atoms with Crippen molar-refractivity contribution in [3.63, 3.8) is 0 Å². The first-order chi connectivity index (χ1) is 12.0.